The van der Waals surface area contributed by atoms with Crippen LogP contribution in [0, 0.1) is 15.3 Å². The van der Waals surface area contributed by atoms with Crippen LogP contribution in [-0.4, -0.2) is 19.6 Å². The molecule has 0 radical (unpaired) electrons. The van der Waals surface area contributed by atoms with E-state index in [1.54, 1.807) is 6.07 Å². The Balaban J connectivity index is 2.17. The van der Waals surface area contributed by atoms with Crippen molar-refractivity contribution in [2.24, 2.45) is 11.7 Å². The SMILES string of the molecule is NCC1CCN(c2ccc(F)cc2I)C1. The molecule has 1 fully saturated rings. The van der Waals surface area contributed by atoms with Crippen molar-refractivity contribution in [3.8, 4) is 0 Å². The van der Waals surface area contributed by atoms with Gasteiger partial charge in [0.05, 0.1) is 5.69 Å². The Bertz CT molecular complexity index is 356. The molecule has 82 valence electrons. The molecule has 0 amide bonds. The molecule has 4 heteroatoms. The first-order valence-corrected chi connectivity index (χ1v) is 6.18. The molecule has 2 nitrogen and oxygen atoms in total. The van der Waals surface area contributed by atoms with E-state index in [4.69, 9.17) is 5.73 Å². The van der Waals surface area contributed by atoms with Gasteiger partial charge in [0.2, 0.25) is 0 Å². The van der Waals surface area contributed by atoms with Crippen LogP contribution in [0.3, 0.4) is 0 Å². The van der Waals surface area contributed by atoms with Gasteiger partial charge >= 0.3 is 0 Å². The number of benzene rings is 1. The first-order valence-electron chi connectivity index (χ1n) is 5.11. The van der Waals surface area contributed by atoms with Crippen LogP contribution < -0.4 is 10.6 Å². The molecule has 0 aliphatic carbocycles. The zero-order valence-electron chi connectivity index (χ0n) is 8.42. The van der Waals surface area contributed by atoms with Crippen molar-refractivity contribution in [3.63, 3.8) is 0 Å². The normalized spacial score (nSPS) is 21.0. The minimum Gasteiger partial charge on any atom is -0.370 e. The molecular weight excluding hydrogens is 306 g/mol. The van der Waals surface area contributed by atoms with Crippen molar-refractivity contribution in [2.45, 2.75) is 6.42 Å². The second kappa shape index (κ2) is 4.65. The maximum absolute atomic E-state index is 12.9. The standard InChI is InChI=1S/C11H14FIN2/c12-9-1-2-11(10(13)5-9)15-4-3-8(6-14)7-15/h1-2,5,8H,3-4,6-7,14H2. The fourth-order valence-electron chi connectivity index (χ4n) is 1.98. The van der Waals surface area contributed by atoms with Gasteiger partial charge in [0, 0.05) is 16.7 Å². The molecule has 0 saturated carbocycles. The highest BCUT2D eigenvalue weighted by Crippen LogP contribution is 2.28. The summed E-state index contributed by atoms with van der Waals surface area (Å²) < 4.78 is 13.9. The van der Waals surface area contributed by atoms with E-state index in [-0.39, 0.29) is 5.82 Å². The molecule has 2 rings (SSSR count). The fraction of sp³-hybridized carbons (Fsp3) is 0.455. The molecule has 15 heavy (non-hydrogen) atoms. The first-order chi connectivity index (χ1) is 7.20. The van der Waals surface area contributed by atoms with Gasteiger partial charge in [0.1, 0.15) is 5.82 Å². The Morgan fingerprint density at radius 2 is 2.33 bits per heavy atom. The summed E-state index contributed by atoms with van der Waals surface area (Å²) in [4.78, 5) is 2.29. The Morgan fingerprint density at radius 3 is 2.93 bits per heavy atom. The highest BCUT2D eigenvalue weighted by molar-refractivity contribution is 14.1. The van der Waals surface area contributed by atoms with Crippen molar-refractivity contribution in [2.75, 3.05) is 24.5 Å². The van der Waals surface area contributed by atoms with Gasteiger partial charge in [-0.05, 0) is 59.7 Å². The number of rotatable bonds is 2. The van der Waals surface area contributed by atoms with Gasteiger partial charge in [0.25, 0.3) is 0 Å². The summed E-state index contributed by atoms with van der Waals surface area (Å²) in [6, 6.07) is 4.95. The van der Waals surface area contributed by atoms with Crippen LogP contribution >= 0.6 is 22.6 Å². The van der Waals surface area contributed by atoms with E-state index in [9.17, 15) is 4.39 Å². The highest BCUT2D eigenvalue weighted by Gasteiger charge is 2.22. The van der Waals surface area contributed by atoms with E-state index < -0.39 is 0 Å². The third-order valence-corrected chi connectivity index (χ3v) is 3.73. The number of nitrogens with zero attached hydrogens (tertiary/aromatic N) is 1. The molecule has 1 aromatic carbocycles. The molecule has 1 aliphatic heterocycles. The minimum absolute atomic E-state index is 0.169. The van der Waals surface area contributed by atoms with Gasteiger partial charge in [-0.25, -0.2) is 4.39 Å². The van der Waals surface area contributed by atoms with E-state index in [1.165, 1.54) is 6.07 Å². The Hall–Kier alpha value is -0.360. The number of hydrogen-bond acceptors (Lipinski definition) is 2. The quantitative estimate of drug-likeness (QED) is 0.847. The van der Waals surface area contributed by atoms with Crippen LogP contribution in [0.15, 0.2) is 18.2 Å². The summed E-state index contributed by atoms with van der Waals surface area (Å²) >= 11 is 2.18. The van der Waals surface area contributed by atoms with Crippen molar-refractivity contribution in [3.05, 3.63) is 27.6 Å². The number of hydrogen-bond donors (Lipinski definition) is 1. The fourth-order valence-corrected chi connectivity index (χ4v) is 2.80. The monoisotopic (exact) mass is 320 g/mol. The number of nitrogens with two attached hydrogens (primary N) is 1. The van der Waals surface area contributed by atoms with Gasteiger partial charge in [-0.15, -0.1) is 0 Å². The molecule has 1 saturated heterocycles. The molecule has 2 N–H and O–H groups in total. The van der Waals surface area contributed by atoms with Gasteiger partial charge in [0.15, 0.2) is 0 Å². The summed E-state index contributed by atoms with van der Waals surface area (Å²) in [6.45, 7) is 2.77. The maximum Gasteiger partial charge on any atom is 0.124 e. The summed E-state index contributed by atoms with van der Waals surface area (Å²) in [5.41, 5.74) is 6.78. The Kier molecular flexibility index (Phi) is 3.45. The zero-order valence-corrected chi connectivity index (χ0v) is 10.6. The van der Waals surface area contributed by atoms with Gasteiger partial charge in [-0.3, -0.25) is 0 Å². The molecule has 1 aliphatic rings. The van der Waals surface area contributed by atoms with Crippen molar-refractivity contribution in [1.82, 2.24) is 0 Å². The van der Waals surface area contributed by atoms with Crippen LogP contribution in [0.5, 0.6) is 0 Å². The van der Waals surface area contributed by atoms with Crippen molar-refractivity contribution < 1.29 is 4.39 Å². The lowest BCUT2D eigenvalue weighted by atomic mass is 10.1. The largest absolute Gasteiger partial charge is 0.370 e. The zero-order chi connectivity index (χ0) is 10.8. The summed E-state index contributed by atoms with van der Waals surface area (Å²) in [5, 5.41) is 0. The van der Waals surface area contributed by atoms with Crippen LogP contribution in [0.1, 0.15) is 6.42 Å². The van der Waals surface area contributed by atoms with Crippen molar-refractivity contribution >= 4 is 28.3 Å². The molecule has 1 heterocycles. The second-order valence-corrected chi connectivity index (χ2v) is 5.09. The molecule has 0 bridgehead atoms. The molecule has 1 unspecified atom stereocenters. The minimum atomic E-state index is -0.169. The van der Waals surface area contributed by atoms with E-state index in [0.29, 0.717) is 5.92 Å². The topological polar surface area (TPSA) is 29.3 Å². The van der Waals surface area contributed by atoms with Crippen LogP contribution in [0.4, 0.5) is 10.1 Å². The maximum atomic E-state index is 12.9. The number of anilines is 1. The average molecular weight is 320 g/mol. The molecular formula is C11H14FIN2. The van der Waals surface area contributed by atoms with Crippen LogP contribution in [0.2, 0.25) is 0 Å². The third kappa shape index (κ3) is 2.42. The summed E-state index contributed by atoms with van der Waals surface area (Å²) in [5.74, 6) is 0.420. The lowest BCUT2D eigenvalue weighted by Gasteiger charge is -2.20. The Morgan fingerprint density at radius 1 is 1.53 bits per heavy atom. The summed E-state index contributed by atoms with van der Waals surface area (Å²) in [7, 11) is 0. The van der Waals surface area contributed by atoms with Gasteiger partial charge in [-0.1, -0.05) is 0 Å². The van der Waals surface area contributed by atoms with E-state index in [0.717, 1.165) is 35.3 Å². The van der Waals surface area contributed by atoms with Crippen molar-refractivity contribution in [1.29, 1.82) is 0 Å². The number of halogens is 2. The predicted octanol–water partition coefficient (Wildman–Crippen LogP) is 2.22. The van der Waals surface area contributed by atoms with Gasteiger partial charge < -0.3 is 10.6 Å². The summed E-state index contributed by atoms with van der Waals surface area (Å²) in [6.07, 6.45) is 1.14. The molecule has 1 aromatic rings. The first kappa shape index (κ1) is 11.1. The molecule has 0 aromatic heterocycles. The van der Waals surface area contributed by atoms with E-state index in [1.807, 2.05) is 6.07 Å². The highest BCUT2D eigenvalue weighted by atomic mass is 127. The van der Waals surface area contributed by atoms with Crippen LogP contribution in [-0.2, 0) is 0 Å². The molecule has 0 spiro atoms. The second-order valence-electron chi connectivity index (χ2n) is 3.93. The smallest absolute Gasteiger partial charge is 0.124 e. The third-order valence-electron chi connectivity index (χ3n) is 2.87. The lowest BCUT2D eigenvalue weighted by Crippen LogP contribution is -2.23. The molecule has 1 atom stereocenters. The van der Waals surface area contributed by atoms with Gasteiger partial charge in [-0.2, -0.15) is 0 Å². The predicted molar refractivity (Wildman–Crippen MR) is 68.5 cm³/mol. The van der Waals surface area contributed by atoms with E-state index in [2.05, 4.69) is 27.5 Å². The van der Waals surface area contributed by atoms with Crippen LogP contribution in [0.25, 0.3) is 0 Å². The average Bonchev–Trinajstić information content (AvgIpc) is 2.66. The Labute approximate surface area is 103 Å². The lowest BCUT2D eigenvalue weighted by molar-refractivity contribution is 0.602. The van der Waals surface area contributed by atoms with E-state index >= 15 is 0 Å².